The van der Waals surface area contributed by atoms with E-state index in [9.17, 15) is 14.7 Å². The average Bonchev–Trinajstić information content (AvgIpc) is 3.30. The minimum Gasteiger partial charge on any atom is -0.497 e. The molecule has 1 heterocycles. The monoisotopic (exact) mass is 493 g/mol. The van der Waals surface area contributed by atoms with Gasteiger partial charge in [0.2, 0.25) is 11.8 Å². The zero-order valence-electron chi connectivity index (χ0n) is 20.3. The largest absolute Gasteiger partial charge is 0.497 e. The van der Waals surface area contributed by atoms with Gasteiger partial charge in [0.25, 0.3) is 0 Å². The summed E-state index contributed by atoms with van der Waals surface area (Å²) >= 11 is 0. The number of hydrogen-bond donors (Lipinski definition) is 2. The highest BCUT2D eigenvalue weighted by atomic mass is 16.5. The lowest BCUT2D eigenvalue weighted by Gasteiger charge is -2.32. The smallest absolute Gasteiger partial charge is 0.356 e. The van der Waals surface area contributed by atoms with E-state index < -0.39 is 5.97 Å². The summed E-state index contributed by atoms with van der Waals surface area (Å²) in [5.41, 5.74) is 1.73. The first kappa shape index (κ1) is 25.2. The van der Waals surface area contributed by atoms with Gasteiger partial charge in [-0.25, -0.2) is 9.48 Å². The summed E-state index contributed by atoms with van der Waals surface area (Å²) in [4.78, 5) is 24.4. The van der Waals surface area contributed by atoms with Gasteiger partial charge >= 0.3 is 5.97 Å². The number of carboxylic acids is 1. The molecule has 0 radical (unpaired) electrons. The Bertz CT molecular complexity index is 1160. The molecule has 1 saturated carbocycles. The first-order valence-corrected chi connectivity index (χ1v) is 12.0. The Labute approximate surface area is 210 Å². The van der Waals surface area contributed by atoms with Crippen LogP contribution in [0.2, 0.25) is 0 Å². The Kier molecular flexibility index (Phi) is 8.57. The van der Waals surface area contributed by atoms with Gasteiger partial charge in [-0.3, -0.25) is 4.79 Å². The molecule has 0 bridgehead atoms. The molecule has 1 aliphatic carbocycles. The van der Waals surface area contributed by atoms with Crippen molar-refractivity contribution < 1.29 is 28.9 Å². The van der Waals surface area contributed by atoms with Gasteiger partial charge in [-0.2, -0.15) is 5.10 Å². The fourth-order valence-electron chi connectivity index (χ4n) is 4.28. The van der Waals surface area contributed by atoms with Gasteiger partial charge in [0.15, 0.2) is 5.69 Å². The van der Waals surface area contributed by atoms with Crippen molar-refractivity contribution in [3.8, 4) is 11.6 Å². The lowest BCUT2D eigenvalue weighted by Crippen LogP contribution is -2.47. The molecule has 9 nitrogen and oxygen atoms in total. The molecule has 1 fully saturated rings. The zero-order valence-corrected chi connectivity index (χ0v) is 20.3. The van der Waals surface area contributed by atoms with E-state index in [1.165, 1.54) is 10.7 Å². The predicted octanol–water partition coefficient (Wildman–Crippen LogP) is 3.81. The molecule has 36 heavy (non-hydrogen) atoms. The fraction of sp³-hybridized carbons (Fsp3) is 0.370. The van der Waals surface area contributed by atoms with E-state index in [0.717, 1.165) is 36.8 Å². The Morgan fingerprint density at radius 1 is 1.03 bits per heavy atom. The third kappa shape index (κ3) is 6.85. The van der Waals surface area contributed by atoms with Gasteiger partial charge in [-0.05, 0) is 36.1 Å². The average molecular weight is 494 g/mol. The molecule has 190 valence electrons. The predicted molar refractivity (Wildman–Crippen MR) is 132 cm³/mol. The van der Waals surface area contributed by atoms with E-state index in [2.05, 4.69) is 10.4 Å². The van der Waals surface area contributed by atoms with E-state index in [1.807, 2.05) is 54.6 Å². The summed E-state index contributed by atoms with van der Waals surface area (Å²) in [5.74, 6) is -0.582. The standard InChI is InChI=1S/C27H31N3O6/c1-34-21-11-7-10-20(14-21)18-36-26-15-23(27(32)33)29-30(26)16-25(31)28-22-12-5-6-13-24(22)35-17-19-8-3-2-4-9-19/h2-4,7-11,14-15,22,24H,5-6,12-13,16-18H2,1H3,(H,28,31)(H,32,33)/t22-,24-/m0/s1. The van der Waals surface area contributed by atoms with Crippen LogP contribution in [0.25, 0.3) is 0 Å². The molecule has 0 saturated heterocycles. The number of aromatic nitrogens is 2. The minimum atomic E-state index is -1.19. The summed E-state index contributed by atoms with van der Waals surface area (Å²) in [7, 11) is 1.58. The van der Waals surface area contributed by atoms with Crippen molar-refractivity contribution in [2.24, 2.45) is 0 Å². The van der Waals surface area contributed by atoms with Gasteiger partial charge < -0.3 is 24.6 Å². The Morgan fingerprint density at radius 2 is 1.81 bits per heavy atom. The van der Waals surface area contributed by atoms with Crippen LogP contribution in [0, 0.1) is 0 Å². The molecule has 9 heteroatoms. The first-order chi connectivity index (χ1) is 17.5. The molecular weight excluding hydrogens is 462 g/mol. The molecule has 1 aliphatic rings. The maximum atomic E-state index is 12.9. The summed E-state index contributed by atoms with van der Waals surface area (Å²) in [6, 6.07) is 18.5. The first-order valence-electron chi connectivity index (χ1n) is 12.0. The highest BCUT2D eigenvalue weighted by Gasteiger charge is 2.28. The van der Waals surface area contributed by atoms with Crippen LogP contribution in [-0.2, 0) is 29.3 Å². The lowest BCUT2D eigenvalue weighted by molar-refractivity contribution is -0.124. The van der Waals surface area contributed by atoms with Crippen LogP contribution in [0.1, 0.15) is 47.3 Å². The van der Waals surface area contributed by atoms with Gasteiger partial charge in [-0.1, -0.05) is 55.3 Å². The molecule has 1 aromatic heterocycles. The second-order valence-corrected chi connectivity index (χ2v) is 8.76. The second kappa shape index (κ2) is 12.2. The molecule has 0 aliphatic heterocycles. The van der Waals surface area contributed by atoms with Crippen molar-refractivity contribution >= 4 is 11.9 Å². The summed E-state index contributed by atoms with van der Waals surface area (Å²) in [5, 5.41) is 16.5. The summed E-state index contributed by atoms with van der Waals surface area (Å²) in [6.45, 7) is 0.492. The van der Waals surface area contributed by atoms with Gasteiger partial charge in [-0.15, -0.1) is 0 Å². The van der Waals surface area contributed by atoms with Gasteiger partial charge in [0.05, 0.1) is 25.9 Å². The van der Waals surface area contributed by atoms with Gasteiger partial charge in [0.1, 0.15) is 18.9 Å². The van der Waals surface area contributed by atoms with E-state index in [-0.39, 0.29) is 42.8 Å². The minimum absolute atomic E-state index is 0.0844. The number of benzene rings is 2. The molecule has 0 unspecified atom stereocenters. The Balaban J connectivity index is 1.39. The van der Waals surface area contributed by atoms with E-state index in [0.29, 0.717) is 12.4 Å². The summed E-state index contributed by atoms with van der Waals surface area (Å²) < 4.78 is 18.5. The van der Waals surface area contributed by atoms with Crippen LogP contribution in [0.5, 0.6) is 11.6 Å². The van der Waals surface area contributed by atoms with E-state index >= 15 is 0 Å². The van der Waals surface area contributed by atoms with E-state index in [4.69, 9.17) is 14.2 Å². The number of carboxylic acid groups (broad SMARTS) is 1. The number of ether oxygens (including phenoxy) is 3. The number of amides is 1. The Morgan fingerprint density at radius 3 is 2.58 bits per heavy atom. The third-order valence-electron chi connectivity index (χ3n) is 6.13. The fourth-order valence-corrected chi connectivity index (χ4v) is 4.28. The number of aromatic carboxylic acids is 1. The maximum Gasteiger partial charge on any atom is 0.356 e. The zero-order chi connectivity index (χ0) is 25.3. The van der Waals surface area contributed by atoms with Crippen molar-refractivity contribution in [3.05, 3.63) is 77.5 Å². The highest BCUT2D eigenvalue weighted by molar-refractivity contribution is 5.85. The van der Waals surface area contributed by atoms with Crippen LogP contribution in [0.4, 0.5) is 0 Å². The number of nitrogens with one attached hydrogen (secondary N) is 1. The number of rotatable bonds is 11. The molecule has 4 rings (SSSR count). The highest BCUT2D eigenvalue weighted by Crippen LogP contribution is 2.23. The molecule has 0 spiro atoms. The van der Waals surface area contributed by atoms with E-state index in [1.54, 1.807) is 7.11 Å². The number of carbonyl (C=O) groups excluding carboxylic acids is 1. The van der Waals surface area contributed by atoms with Crippen LogP contribution in [0.3, 0.4) is 0 Å². The normalized spacial score (nSPS) is 17.4. The molecular formula is C27H31N3O6. The number of methoxy groups -OCH3 is 1. The lowest BCUT2D eigenvalue weighted by atomic mass is 9.92. The number of nitrogens with zero attached hydrogens (tertiary/aromatic N) is 2. The van der Waals surface area contributed by atoms with Crippen molar-refractivity contribution in [2.75, 3.05) is 7.11 Å². The topological polar surface area (TPSA) is 112 Å². The van der Waals surface area contributed by atoms with Crippen LogP contribution in [-0.4, -0.2) is 46.0 Å². The van der Waals surface area contributed by atoms with Gasteiger partial charge in [0, 0.05) is 6.07 Å². The molecule has 1 amide bonds. The molecule has 3 aromatic rings. The quantitative estimate of drug-likeness (QED) is 0.418. The third-order valence-corrected chi connectivity index (χ3v) is 6.13. The van der Waals surface area contributed by atoms with Crippen molar-refractivity contribution in [2.45, 2.75) is 57.6 Å². The maximum absolute atomic E-state index is 12.9. The molecule has 2 N–H and O–H groups in total. The van der Waals surface area contributed by atoms with Crippen molar-refractivity contribution in [1.82, 2.24) is 15.1 Å². The Hall–Kier alpha value is -3.85. The number of hydrogen-bond acceptors (Lipinski definition) is 6. The SMILES string of the molecule is COc1cccc(COc2cc(C(=O)O)nn2CC(=O)N[C@H]2CCCC[C@@H]2OCc2ccccc2)c1. The van der Waals surface area contributed by atoms with Crippen LogP contribution >= 0.6 is 0 Å². The van der Waals surface area contributed by atoms with Crippen molar-refractivity contribution in [3.63, 3.8) is 0 Å². The second-order valence-electron chi connectivity index (χ2n) is 8.76. The van der Waals surface area contributed by atoms with Crippen LogP contribution < -0.4 is 14.8 Å². The van der Waals surface area contributed by atoms with Crippen molar-refractivity contribution in [1.29, 1.82) is 0 Å². The molecule has 2 atom stereocenters. The molecule has 2 aromatic carbocycles. The van der Waals surface area contributed by atoms with Crippen LogP contribution in [0.15, 0.2) is 60.7 Å². The summed E-state index contributed by atoms with van der Waals surface area (Å²) in [6.07, 6.45) is 3.67. The number of carbonyl (C=O) groups is 2.